The summed E-state index contributed by atoms with van der Waals surface area (Å²) in [5.41, 5.74) is 0.330. The van der Waals surface area contributed by atoms with Crippen LogP contribution in [0.1, 0.15) is 16.2 Å². The summed E-state index contributed by atoms with van der Waals surface area (Å²) in [6.07, 6.45) is 3.02. The lowest BCUT2D eigenvalue weighted by atomic mass is 10.2. The Morgan fingerprint density at radius 2 is 2.18 bits per heavy atom. The van der Waals surface area contributed by atoms with Crippen LogP contribution in [0, 0.1) is 0 Å². The van der Waals surface area contributed by atoms with E-state index in [1.165, 1.54) is 24.5 Å². The molecule has 0 spiro atoms. The Labute approximate surface area is 124 Å². The lowest BCUT2D eigenvalue weighted by Crippen LogP contribution is -2.13. The van der Waals surface area contributed by atoms with Crippen molar-refractivity contribution in [3.63, 3.8) is 0 Å². The van der Waals surface area contributed by atoms with Crippen LogP contribution >= 0.6 is 0 Å². The van der Waals surface area contributed by atoms with Crippen LogP contribution in [-0.2, 0) is 6.61 Å². The first kappa shape index (κ1) is 13.7. The van der Waals surface area contributed by atoms with E-state index in [0.717, 1.165) is 0 Å². The number of nitrogens with one attached hydrogen (secondary N) is 1. The van der Waals surface area contributed by atoms with Crippen LogP contribution in [0.15, 0.2) is 47.5 Å². The molecule has 0 aliphatic rings. The second kappa shape index (κ2) is 5.65. The van der Waals surface area contributed by atoms with E-state index in [1.54, 1.807) is 18.2 Å². The highest BCUT2D eigenvalue weighted by Crippen LogP contribution is 2.14. The van der Waals surface area contributed by atoms with Crippen LogP contribution in [0.2, 0.25) is 0 Å². The monoisotopic (exact) mass is 297 g/mol. The van der Waals surface area contributed by atoms with Gasteiger partial charge in [0.1, 0.15) is 18.2 Å². The van der Waals surface area contributed by atoms with Crippen molar-refractivity contribution in [3.8, 4) is 5.75 Å². The van der Waals surface area contributed by atoms with E-state index in [2.05, 4.69) is 15.0 Å². The number of aromatic carboxylic acids is 1. The highest BCUT2D eigenvalue weighted by atomic mass is 16.5. The fourth-order valence-electron chi connectivity index (χ4n) is 1.98. The first-order chi connectivity index (χ1) is 10.6. The normalized spacial score (nSPS) is 10.5. The predicted molar refractivity (Wildman–Crippen MR) is 77.9 cm³/mol. The lowest BCUT2D eigenvalue weighted by molar-refractivity contribution is 0.0696. The standard InChI is InChI=1S/C15H11N3O4/c19-14-11-4-5-16-7-12(11)17-13(18-14)8-22-10-3-1-2-9(6-10)15(20)21/h1-7H,8H2,(H,20,21)(H,17,18,19). The Bertz CT molecular complexity index is 904. The van der Waals surface area contributed by atoms with Crippen LogP contribution in [-0.4, -0.2) is 26.0 Å². The molecule has 0 bridgehead atoms. The highest BCUT2D eigenvalue weighted by Gasteiger charge is 2.06. The molecule has 0 aliphatic heterocycles. The third-order valence-electron chi connectivity index (χ3n) is 3.01. The molecular formula is C15H11N3O4. The predicted octanol–water partition coefficient (Wildman–Crippen LogP) is 1.60. The quantitative estimate of drug-likeness (QED) is 0.757. The van der Waals surface area contributed by atoms with Gasteiger partial charge in [0.25, 0.3) is 5.56 Å². The first-order valence-electron chi connectivity index (χ1n) is 6.42. The summed E-state index contributed by atoms with van der Waals surface area (Å²) < 4.78 is 5.47. The maximum atomic E-state index is 11.9. The molecule has 110 valence electrons. The number of aromatic nitrogens is 3. The lowest BCUT2D eigenvalue weighted by Gasteiger charge is -2.07. The molecule has 0 fully saturated rings. The highest BCUT2D eigenvalue weighted by molar-refractivity contribution is 5.88. The smallest absolute Gasteiger partial charge is 0.335 e. The van der Waals surface area contributed by atoms with Gasteiger partial charge in [0, 0.05) is 6.20 Å². The molecule has 7 nitrogen and oxygen atoms in total. The fraction of sp³-hybridized carbons (Fsp3) is 0.0667. The molecule has 22 heavy (non-hydrogen) atoms. The first-order valence-corrected chi connectivity index (χ1v) is 6.42. The number of nitrogens with zero attached hydrogens (tertiary/aromatic N) is 2. The minimum absolute atomic E-state index is 0.0170. The number of fused-ring (bicyclic) bond motifs is 1. The fourth-order valence-corrected chi connectivity index (χ4v) is 1.98. The summed E-state index contributed by atoms with van der Waals surface area (Å²) in [5.74, 6) is -0.311. The average Bonchev–Trinajstić information content (AvgIpc) is 2.53. The number of ether oxygens (including phenoxy) is 1. The number of pyridine rings is 1. The van der Waals surface area contributed by atoms with Crippen LogP contribution in [0.4, 0.5) is 0 Å². The van der Waals surface area contributed by atoms with Gasteiger partial charge in [-0.1, -0.05) is 6.07 Å². The van der Waals surface area contributed by atoms with E-state index in [1.807, 2.05) is 0 Å². The summed E-state index contributed by atoms with van der Waals surface area (Å²) in [6.45, 7) is 0.0170. The van der Waals surface area contributed by atoms with E-state index in [0.29, 0.717) is 22.5 Å². The van der Waals surface area contributed by atoms with Gasteiger partial charge in [-0.2, -0.15) is 0 Å². The third kappa shape index (κ3) is 2.78. The summed E-state index contributed by atoms with van der Waals surface area (Å²) in [4.78, 5) is 33.6. The summed E-state index contributed by atoms with van der Waals surface area (Å²) >= 11 is 0. The minimum Gasteiger partial charge on any atom is -0.486 e. The van der Waals surface area contributed by atoms with Gasteiger partial charge in [-0.15, -0.1) is 0 Å². The zero-order valence-electron chi connectivity index (χ0n) is 11.3. The van der Waals surface area contributed by atoms with Crippen LogP contribution in [0.5, 0.6) is 5.75 Å². The van der Waals surface area contributed by atoms with Crippen molar-refractivity contribution in [1.82, 2.24) is 15.0 Å². The van der Waals surface area contributed by atoms with Gasteiger partial charge in [-0.25, -0.2) is 9.78 Å². The molecule has 1 aromatic carbocycles. The number of hydrogen-bond acceptors (Lipinski definition) is 5. The minimum atomic E-state index is -1.03. The topological polar surface area (TPSA) is 105 Å². The molecule has 0 unspecified atom stereocenters. The largest absolute Gasteiger partial charge is 0.486 e. The number of carboxylic acid groups (broad SMARTS) is 1. The van der Waals surface area contributed by atoms with Crippen molar-refractivity contribution < 1.29 is 14.6 Å². The molecule has 0 saturated heterocycles. The van der Waals surface area contributed by atoms with Gasteiger partial charge >= 0.3 is 5.97 Å². The third-order valence-corrected chi connectivity index (χ3v) is 3.01. The Balaban J connectivity index is 1.83. The van der Waals surface area contributed by atoms with Crippen molar-refractivity contribution in [3.05, 3.63) is 64.5 Å². The zero-order valence-corrected chi connectivity index (χ0v) is 11.3. The Kier molecular flexibility index (Phi) is 3.53. The SMILES string of the molecule is O=C(O)c1cccc(OCc2nc3cnccc3c(=O)[nH]2)c1. The van der Waals surface area contributed by atoms with Crippen molar-refractivity contribution in [2.45, 2.75) is 6.61 Å². The molecule has 0 aliphatic carbocycles. The Morgan fingerprint density at radius 1 is 1.32 bits per heavy atom. The number of benzene rings is 1. The summed E-state index contributed by atoms with van der Waals surface area (Å²) in [6, 6.07) is 7.68. The molecule has 0 saturated carbocycles. The molecule has 2 N–H and O–H groups in total. The molecule has 0 amide bonds. The van der Waals surface area contributed by atoms with Crippen LogP contribution in [0.3, 0.4) is 0 Å². The van der Waals surface area contributed by atoms with E-state index in [-0.39, 0.29) is 17.7 Å². The van der Waals surface area contributed by atoms with Gasteiger partial charge in [0.15, 0.2) is 0 Å². The molecule has 0 radical (unpaired) electrons. The molecule has 2 heterocycles. The Hall–Kier alpha value is -3.22. The maximum absolute atomic E-state index is 11.9. The summed E-state index contributed by atoms with van der Waals surface area (Å²) in [7, 11) is 0. The van der Waals surface area contributed by atoms with Crippen molar-refractivity contribution in [2.75, 3.05) is 0 Å². The van der Waals surface area contributed by atoms with Crippen LogP contribution < -0.4 is 10.3 Å². The molecule has 0 atom stereocenters. The second-order valence-electron chi connectivity index (χ2n) is 4.53. The molecule has 7 heteroatoms. The number of hydrogen-bond donors (Lipinski definition) is 2. The van der Waals surface area contributed by atoms with Gasteiger partial charge in [0.05, 0.1) is 22.7 Å². The molecule has 3 rings (SSSR count). The average molecular weight is 297 g/mol. The molecule has 2 aromatic heterocycles. The molecule has 3 aromatic rings. The number of carbonyl (C=O) groups is 1. The van der Waals surface area contributed by atoms with Gasteiger partial charge < -0.3 is 14.8 Å². The maximum Gasteiger partial charge on any atom is 0.335 e. The van der Waals surface area contributed by atoms with Crippen molar-refractivity contribution >= 4 is 16.9 Å². The zero-order chi connectivity index (χ0) is 15.5. The van der Waals surface area contributed by atoms with Crippen molar-refractivity contribution in [1.29, 1.82) is 0 Å². The number of rotatable bonds is 4. The van der Waals surface area contributed by atoms with E-state index >= 15 is 0 Å². The van der Waals surface area contributed by atoms with E-state index < -0.39 is 5.97 Å². The second-order valence-corrected chi connectivity index (χ2v) is 4.53. The number of carboxylic acids is 1. The van der Waals surface area contributed by atoms with Crippen molar-refractivity contribution in [2.24, 2.45) is 0 Å². The van der Waals surface area contributed by atoms with E-state index in [4.69, 9.17) is 9.84 Å². The van der Waals surface area contributed by atoms with Gasteiger partial charge in [0.2, 0.25) is 0 Å². The number of H-pyrrole nitrogens is 1. The Morgan fingerprint density at radius 3 is 3.00 bits per heavy atom. The summed E-state index contributed by atoms with van der Waals surface area (Å²) in [5, 5.41) is 9.38. The van der Waals surface area contributed by atoms with Crippen LogP contribution in [0.25, 0.3) is 10.9 Å². The van der Waals surface area contributed by atoms with Gasteiger partial charge in [-0.05, 0) is 24.3 Å². The van der Waals surface area contributed by atoms with Gasteiger partial charge in [-0.3, -0.25) is 9.78 Å². The number of aromatic amines is 1. The molecular weight excluding hydrogens is 286 g/mol. The van der Waals surface area contributed by atoms with E-state index in [9.17, 15) is 9.59 Å².